The molecule has 0 saturated heterocycles. The first-order chi connectivity index (χ1) is 7.84. The fourth-order valence-corrected chi connectivity index (χ4v) is 1.71. The van der Waals surface area contributed by atoms with Crippen molar-refractivity contribution in [2.75, 3.05) is 0 Å². The van der Waals surface area contributed by atoms with Gasteiger partial charge in [-0.1, -0.05) is 11.6 Å². The molecule has 0 atom stereocenters. The van der Waals surface area contributed by atoms with Crippen LogP contribution in [-0.4, -0.2) is 19.6 Å². The lowest BCUT2D eigenvalue weighted by molar-refractivity contribution is 0.942. The average molecular weight is 231 g/mol. The Bertz CT molecular complexity index is 633. The van der Waals surface area contributed by atoms with Crippen molar-refractivity contribution < 1.29 is 0 Å². The van der Waals surface area contributed by atoms with Crippen molar-refractivity contribution in [3.05, 3.63) is 48.0 Å². The van der Waals surface area contributed by atoms with Gasteiger partial charge in [-0.05, 0) is 12.1 Å². The van der Waals surface area contributed by atoms with Crippen LogP contribution in [0.25, 0.3) is 16.9 Å². The van der Waals surface area contributed by atoms with Crippen molar-refractivity contribution in [3.8, 4) is 11.3 Å². The van der Waals surface area contributed by atoms with Crippen molar-refractivity contribution >= 4 is 17.2 Å². The zero-order valence-corrected chi connectivity index (χ0v) is 8.96. The SMILES string of the molecule is Clc1cnn2c(-c3ccncc3)cnc2c1. The number of fused-ring (bicyclic) bond motifs is 1. The number of hydrogen-bond donors (Lipinski definition) is 0. The fraction of sp³-hybridized carbons (Fsp3) is 0. The van der Waals surface area contributed by atoms with E-state index in [-0.39, 0.29) is 0 Å². The zero-order valence-electron chi connectivity index (χ0n) is 8.21. The second-order valence-corrected chi connectivity index (χ2v) is 3.76. The summed E-state index contributed by atoms with van der Waals surface area (Å²) in [6, 6.07) is 5.61. The van der Waals surface area contributed by atoms with Gasteiger partial charge in [0.1, 0.15) is 0 Å². The van der Waals surface area contributed by atoms with E-state index in [1.165, 1.54) is 0 Å². The maximum Gasteiger partial charge on any atom is 0.155 e. The van der Waals surface area contributed by atoms with Crippen molar-refractivity contribution in [1.82, 2.24) is 19.6 Å². The van der Waals surface area contributed by atoms with E-state index in [1.54, 1.807) is 35.4 Å². The Labute approximate surface area is 96.5 Å². The maximum absolute atomic E-state index is 5.85. The highest BCUT2D eigenvalue weighted by Gasteiger charge is 2.06. The van der Waals surface area contributed by atoms with Gasteiger partial charge in [0.05, 0.1) is 23.1 Å². The molecule has 0 aliphatic carbocycles. The van der Waals surface area contributed by atoms with Gasteiger partial charge in [-0.3, -0.25) is 4.98 Å². The summed E-state index contributed by atoms with van der Waals surface area (Å²) in [6.07, 6.45) is 6.85. The van der Waals surface area contributed by atoms with E-state index in [1.807, 2.05) is 12.1 Å². The predicted molar refractivity (Wildman–Crippen MR) is 61.2 cm³/mol. The van der Waals surface area contributed by atoms with Gasteiger partial charge in [0.2, 0.25) is 0 Å². The summed E-state index contributed by atoms with van der Waals surface area (Å²) < 4.78 is 1.75. The van der Waals surface area contributed by atoms with Gasteiger partial charge >= 0.3 is 0 Å². The van der Waals surface area contributed by atoms with Crippen LogP contribution in [0.4, 0.5) is 0 Å². The minimum Gasteiger partial charge on any atom is -0.265 e. The van der Waals surface area contributed by atoms with Crippen LogP contribution < -0.4 is 0 Å². The first kappa shape index (κ1) is 9.30. The second-order valence-electron chi connectivity index (χ2n) is 3.32. The molecular formula is C11H7ClN4. The maximum atomic E-state index is 5.85. The molecule has 0 unspecified atom stereocenters. The molecule has 0 spiro atoms. The summed E-state index contributed by atoms with van der Waals surface area (Å²) in [6.45, 7) is 0. The Morgan fingerprint density at radius 2 is 1.94 bits per heavy atom. The molecule has 0 amide bonds. The molecule has 16 heavy (non-hydrogen) atoms. The van der Waals surface area contributed by atoms with Crippen LogP contribution in [-0.2, 0) is 0 Å². The summed E-state index contributed by atoms with van der Waals surface area (Å²) >= 11 is 5.85. The Hall–Kier alpha value is -1.94. The number of nitrogens with zero attached hydrogens (tertiary/aromatic N) is 4. The lowest BCUT2D eigenvalue weighted by Crippen LogP contribution is -1.93. The minimum atomic E-state index is 0.583. The van der Waals surface area contributed by atoms with Crippen molar-refractivity contribution in [2.45, 2.75) is 0 Å². The summed E-state index contributed by atoms with van der Waals surface area (Å²) in [4.78, 5) is 8.23. The largest absolute Gasteiger partial charge is 0.265 e. The normalized spacial score (nSPS) is 10.8. The molecule has 0 radical (unpaired) electrons. The highest BCUT2D eigenvalue weighted by Crippen LogP contribution is 2.20. The monoisotopic (exact) mass is 230 g/mol. The van der Waals surface area contributed by atoms with Crippen LogP contribution in [0.2, 0.25) is 5.02 Å². The van der Waals surface area contributed by atoms with Gasteiger partial charge in [-0.25, -0.2) is 9.50 Å². The van der Waals surface area contributed by atoms with Gasteiger partial charge in [-0.2, -0.15) is 5.10 Å². The Morgan fingerprint density at radius 1 is 1.12 bits per heavy atom. The average Bonchev–Trinajstić information content (AvgIpc) is 2.73. The Balaban J connectivity index is 2.26. The quantitative estimate of drug-likeness (QED) is 0.645. The molecule has 3 heterocycles. The van der Waals surface area contributed by atoms with Gasteiger partial charge in [0.25, 0.3) is 0 Å². The van der Waals surface area contributed by atoms with Crippen LogP contribution in [0.15, 0.2) is 43.0 Å². The zero-order chi connectivity index (χ0) is 11.0. The van der Waals surface area contributed by atoms with Crippen LogP contribution >= 0.6 is 11.6 Å². The number of aromatic nitrogens is 4. The van der Waals surface area contributed by atoms with Gasteiger partial charge in [0.15, 0.2) is 5.65 Å². The van der Waals surface area contributed by atoms with E-state index in [2.05, 4.69) is 15.1 Å². The molecule has 0 aliphatic heterocycles. The number of rotatable bonds is 1. The van der Waals surface area contributed by atoms with E-state index in [0.29, 0.717) is 5.02 Å². The molecule has 4 nitrogen and oxygen atoms in total. The summed E-state index contributed by atoms with van der Waals surface area (Å²) in [5, 5.41) is 4.80. The first-order valence-electron chi connectivity index (χ1n) is 4.74. The summed E-state index contributed by atoms with van der Waals surface area (Å²) in [7, 11) is 0. The second kappa shape index (κ2) is 3.57. The molecular weight excluding hydrogens is 224 g/mol. The summed E-state index contributed by atoms with van der Waals surface area (Å²) in [5.41, 5.74) is 2.69. The molecule has 0 aromatic carbocycles. The van der Waals surface area contributed by atoms with Crippen LogP contribution in [0.3, 0.4) is 0 Å². The summed E-state index contributed by atoms with van der Waals surface area (Å²) in [5.74, 6) is 0. The molecule has 5 heteroatoms. The highest BCUT2D eigenvalue weighted by molar-refractivity contribution is 6.30. The van der Waals surface area contributed by atoms with Crippen molar-refractivity contribution in [2.24, 2.45) is 0 Å². The van der Waals surface area contributed by atoms with Crippen LogP contribution in [0.1, 0.15) is 0 Å². The lowest BCUT2D eigenvalue weighted by atomic mass is 10.2. The number of halogens is 1. The number of imidazole rings is 1. The molecule has 78 valence electrons. The predicted octanol–water partition coefficient (Wildman–Crippen LogP) is 2.44. The Kier molecular flexibility index (Phi) is 2.08. The molecule has 3 aromatic heterocycles. The third kappa shape index (κ3) is 1.44. The number of pyridine rings is 1. The van der Waals surface area contributed by atoms with Crippen molar-refractivity contribution in [1.29, 1.82) is 0 Å². The first-order valence-corrected chi connectivity index (χ1v) is 5.12. The molecule has 3 aromatic rings. The van der Waals surface area contributed by atoms with E-state index in [4.69, 9.17) is 11.6 Å². The third-order valence-electron chi connectivity index (χ3n) is 2.30. The van der Waals surface area contributed by atoms with Crippen LogP contribution in [0.5, 0.6) is 0 Å². The molecule has 3 rings (SSSR count). The van der Waals surface area contributed by atoms with E-state index >= 15 is 0 Å². The van der Waals surface area contributed by atoms with Crippen molar-refractivity contribution in [3.63, 3.8) is 0 Å². The molecule has 0 aliphatic rings. The third-order valence-corrected chi connectivity index (χ3v) is 2.51. The minimum absolute atomic E-state index is 0.583. The van der Waals surface area contributed by atoms with Gasteiger partial charge < -0.3 is 0 Å². The van der Waals surface area contributed by atoms with E-state index in [9.17, 15) is 0 Å². The van der Waals surface area contributed by atoms with E-state index in [0.717, 1.165) is 16.9 Å². The van der Waals surface area contributed by atoms with Gasteiger partial charge in [-0.15, -0.1) is 0 Å². The number of hydrogen-bond acceptors (Lipinski definition) is 3. The lowest BCUT2D eigenvalue weighted by Gasteiger charge is -1.99. The highest BCUT2D eigenvalue weighted by atomic mass is 35.5. The fourth-order valence-electron chi connectivity index (χ4n) is 1.57. The molecule has 0 saturated carbocycles. The standard InChI is InChI=1S/C11H7ClN4/c12-9-5-11-14-7-10(16(11)15-6-9)8-1-3-13-4-2-8/h1-7H. The van der Waals surface area contributed by atoms with Gasteiger partial charge in [0, 0.05) is 24.0 Å². The molecule has 0 fully saturated rings. The molecule has 0 bridgehead atoms. The van der Waals surface area contributed by atoms with Crippen LogP contribution in [0, 0.1) is 0 Å². The topological polar surface area (TPSA) is 43.1 Å². The van der Waals surface area contributed by atoms with E-state index < -0.39 is 0 Å². The smallest absolute Gasteiger partial charge is 0.155 e. The Morgan fingerprint density at radius 3 is 2.75 bits per heavy atom. The molecule has 0 N–H and O–H groups in total.